The number of nitriles is 2. The molecule has 0 fully saturated rings. The van der Waals surface area contributed by atoms with Gasteiger partial charge in [0, 0.05) is 28.8 Å². The zero-order valence-corrected chi connectivity index (χ0v) is 13.6. The van der Waals surface area contributed by atoms with Crippen molar-refractivity contribution in [2.75, 3.05) is 0 Å². The molecule has 0 saturated carbocycles. The summed E-state index contributed by atoms with van der Waals surface area (Å²) in [7, 11) is 0. The van der Waals surface area contributed by atoms with Crippen molar-refractivity contribution in [2.24, 2.45) is 10.9 Å². The molecule has 2 unspecified atom stereocenters. The van der Waals surface area contributed by atoms with Crippen molar-refractivity contribution in [2.45, 2.75) is 25.9 Å². The van der Waals surface area contributed by atoms with E-state index in [0.717, 1.165) is 6.07 Å². The van der Waals surface area contributed by atoms with E-state index in [1.54, 1.807) is 6.92 Å². The summed E-state index contributed by atoms with van der Waals surface area (Å²) in [5.74, 6) is -3.43. The normalized spacial score (nSPS) is 20.7. The highest BCUT2D eigenvalue weighted by Crippen LogP contribution is 2.44. The van der Waals surface area contributed by atoms with Crippen molar-refractivity contribution in [3.05, 3.63) is 40.5 Å². The van der Waals surface area contributed by atoms with Crippen LogP contribution in [0.15, 0.2) is 28.4 Å². The van der Waals surface area contributed by atoms with E-state index in [-0.39, 0.29) is 11.3 Å². The van der Waals surface area contributed by atoms with Gasteiger partial charge in [-0.15, -0.1) is 0 Å². The van der Waals surface area contributed by atoms with Crippen molar-refractivity contribution >= 4 is 16.6 Å². The summed E-state index contributed by atoms with van der Waals surface area (Å²) in [5.41, 5.74) is -1.55. The van der Waals surface area contributed by atoms with E-state index in [1.807, 2.05) is 6.07 Å². The first-order chi connectivity index (χ1) is 12.2. The third kappa shape index (κ3) is 2.62. The zero-order chi connectivity index (χ0) is 19.2. The van der Waals surface area contributed by atoms with Crippen LogP contribution in [0.25, 0.3) is 10.9 Å². The first-order valence-electron chi connectivity index (χ1n) is 7.49. The predicted octanol–water partition coefficient (Wildman–Crippen LogP) is 4.05. The maximum absolute atomic E-state index is 14.7. The van der Waals surface area contributed by atoms with Crippen LogP contribution in [0.1, 0.15) is 24.1 Å². The number of benzene rings is 1. The lowest BCUT2D eigenvalue weighted by Crippen LogP contribution is -2.29. The predicted molar refractivity (Wildman–Crippen MR) is 84.4 cm³/mol. The SMILES string of the molecule is CC1=NC(C(F)(F)F)=C(C#N)C(c2cc3c(C)[nH]nc3cc2F)C1C#N. The fraction of sp³-hybridized carbons (Fsp3) is 0.294. The maximum atomic E-state index is 14.7. The van der Waals surface area contributed by atoms with Gasteiger partial charge in [-0.2, -0.15) is 28.8 Å². The molecule has 1 aliphatic heterocycles. The highest BCUT2D eigenvalue weighted by molar-refractivity contribution is 5.91. The van der Waals surface area contributed by atoms with E-state index in [1.165, 1.54) is 19.1 Å². The third-order valence-electron chi connectivity index (χ3n) is 4.36. The molecule has 2 atom stereocenters. The molecule has 0 saturated heterocycles. The molecule has 0 radical (unpaired) electrons. The van der Waals surface area contributed by atoms with Gasteiger partial charge in [0.25, 0.3) is 0 Å². The number of hydrogen-bond donors (Lipinski definition) is 1. The van der Waals surface area contributed by atoms with Crippen LogP contribution in [0, 0.1) is 41.3 Å². The van der Waals surface area contributed by atoms with Crippen LogP contribution in [0.5, 0.6) is 0 Å². The van der Waals surface area contributed by atoms with Gasteiger partial charge in [0.15, 0.2) is 5.70 Å². The van der Waals surface area contributed by atoms with Crippen molar-refractivity contribution in [3.8, 4) is 12.1 Å². The lowest BCUT2D eigenvalue weighted by Gasteiger charge is -2.28. The number of halogens is 4. The molecule has 0 bridgehead atoms. The second kappa shape index (κ2) is 5.95. The molecular formula is C17H11F4N5. The number of H-pyrrole nitrogens is 1. The number of aromatic amines is 1. The van der Waals surface area contributed by atoms with Gasteiger partial charge in [0.2, 0.25) is 0 Å². The molecule has 0 amide bonds. The minimum absolute atomic E-state index is 0.118. The summed E-state index contributed by atoms with van der Waals surface area (Å²) < 4.78 is 54.7. The fourth-order valence-electron chi connectivity index (χ4n) is 3.12. The Labute approximate surface area is 145 Å². The molecule has 5 nitrogen and oxygen atoms in total. The van der Waals surface area contributed by atoms with Crippen LogP contribution in [-0.4, -0.2) is 22.1 Å². The number of alkyl halides is 3. The average Bonchev–Trinajstić information content (AvgIpc) is 2.92. The lowest BCUT2D eigenvalue weighted by atomic mass is 9.76. The fourth-order valence-corrected chi connectivity index (χ4v) is 3.12. The van der Waals surface area contributed by atoms with Crippen LogP contribution in [0.4, 0.5) is 17.6 Å². The lowest BCUT2D eigenvalue weighted by molar-refractivity contribution is -0.0935. The minimum Gasteiger partial charge on any atom is -0.282 e. The number of aliphatic imine (C=N–C) groups is 1. The number of aromatic nitrogens is 2. The second-order valence-electron chi connectivity index (χ2n) is 5.95. The molecule has 1 aliphatic rings. The van der Waals surface area contributed by atoms with Gasteiger partial charge >= 0.3 is 6.18 Å². The molecule has 1 aromatic carbocycles. The number of rotatable bonds is 1. The first-order valence-corrected chi connectivity index (χ1v) is 7.49. The van der Waals surface area contributed by atoms with Gasteiger partial charge in [-0.1, -0.05) is 0 Å². The summed E-state index contributed by atoms with van der Waals surface area (Å²) >= 11 is 0. The van der Waals surface area contributed by atoms with E-state index < -0.39 is 35.1 Å². The summed E-state index contributed by atoms with van der Waals surface area (Å²) in [6, 6.07) is 5.75. The smallest absolute Gasteiger partial charge is 0.282 e. The Morgan fingerprint density at radius 2 is 1.88 bits per heavy atom. The van der Waals surface area contributed by atoms with Gasteiger partial charge in [0.05, 0.1) is 29.1 Å². The summed E-state index contributed by atoms with van der Waals surface area (Å²) in [6.45, 7) is 2.94. The molecule has 2 heterocycles. The highest BCUT2D eigenvalue weighted by Gasteiger charge is 2.45. The Morgan fingerprint density at radius 3 is 2.46 bits per heavy atom. The summed E-state index contributed by atoms with van der Waals surface area (Å²) in [6.07, 6.45) is -4.89. The minimum atomic E-state index is -4.89. The molecular weight excluding hydrogens is 350 g/mol. The van der Waals surface area contributed by atoms with Crippen molar-refractivity contribution in [1.29, 1.82) is 10.5 Å². The van der Waals surface area contributed by atoms with Crippen LogP contribution in [-0.2, 0) is 0 Å². The van der Waals surface area contributed by atoms with E-state index in [0.29, 0.717) is 16.6 Å². The Bertz CT molecular complexity index is 1050. The molecule has 0 aliphatic carbocycles. The zero-order valence-electron chi connectivity index (χ0n) is 13.6. The molecule has 1 aromatic heterocycles. The Balaban J connectivity index is 2.33. The van der Waals surface area contributed by atoms with Gasteiger partial charge in [0.1, 0.15) is 5.82 Å². The number of allylic oxidation sites excluding steroid dienone is 2. The largest absolute Gasteiger partial charge is 0.434 e. The van der Waals surface area contributed by atoms with Crippen molar-refractivity contribution in [3.63, 3.8) is 0 Å². The van der Waals surface area contributed by atoms with Crippen molar-refractivity contribution in [1.82, 2.24) is 10.2 Å². The van der Waals surface area contributed by atoms with E-state index in [2.05, 4.69) is 15.2 Å². The molecule has 2 aromatic rings. The molecule has 9 heteroatoms. The molecule has 0 spiro atoms. The Kier molecular flexibility index (Phi) is 4.03. The third-order valence-corrected chi connectivity index (χ3v) is 4.36. The molecule has 132 valence electrons. The second-order valence-corrected chi connectivity index (χ2v) is 5.95. The number of hydrogen-bond acceptors (Lipinski definition) is 4. The molecule has 1 N–H and O–H groups in total. The summed E-state index contributed by atoms with van der Waals surface area (Å²) in [4.78, 5) is 3.42. The topological polar surface area (TPSA) is 88.6 Å². The number of nitrogens with one attached hydrogen (secondary N) is 1. The molecule has 26 heavy (non-hydrogen) atoms. The van der Waals surface area contributed by atoms with E-state index in [9.17, 15) is 28.1 Å². The number of fused-ring (bicyclic) bond motifs is 1. The van der Waals surface area contributed by atoms with Gasteiger partial charge < -0.3 is 0 Å². The van der Waals surface area contributed by atoms with Gasteiger partial charge in [-0.25, -0.2) is 4.39 Å². The number of aryl methyl sites for hydroxylation is 1. The van der Waals surface area contributed by atoms with Crippen LogP contribution >= 0.6 is 0 Å². The van der Waals surface area contributed by atoms with E-state index in [4.69, 9.17) is 0 Å². The average molecular weight is 361 g/mol. The van der Waals surface area contributed by atoms with Gasteiger partial charge in [-0.05, 0) is 25.5 Å². The Hall–Kier alpha value is -3.20. The molecule has 3 rings (SSSR count). The summed E-state index contributed by atoms with van der Waals surface area (Å²) in [5, 5.41) is 25.8. The monoisotopic (exact) mass is 361 g/mol. The standard InChI is InChI=1S/C17H11F4N5/c1-7-11(5-22)15(12(6-23)16(24-7)17(19,20)21)10-3-9-8(2)25-26-14(9)4-13(10)18/h3-4,11,15H,1-2H3,(H,25,26). The van der Waals surface area contributed by atoms with Crippen LogP contribution in [0.2, 0.25) is 0 Å². The first kappa shape index (κ1) is 17.6. The van der Waals surface area contributed by atoms with E-state index >= 15 is 0 Å². The van der Waals surface area contributed by atoms with Crippen LogP contribution < -0.4 is 0 Å². The quantitative estimate of drug-likeness (QED) is 0.777. The number of nitrogens with zero attached hydrogens (tertiary/aromatic N) is 4. The maximum Gasteiger partial charge on any atom is 0.434 e. The highest BCUT2D eigenvalue weighted by atomic mass is 19.4. The van der Waals surface area contributed by atoms with Crippen molar-refractivity contribution < 1.29 is 17.6 Å². The Morgan fingerprint density at radius 1 is 1.19 bits per heavy atom. The van der Waals surface area contributed by atoms with Crippen LogP contribution in [0.3, 0.4) is 0 Å². The van der Waals surface area contributed by atoms with Gasteiger partial charge in [-0.3, -0.25) is 10.1 Å².